The van der Waals surface area contributed by atoms with Crippen LogP contribution in [0.15, 0.2) is 48.5 Å². The van der Waals surface area contributed by atoms with Crippen molar-refractivity contribution in [2.24, 2.45) is 5.92 Å². The quantitative estimate of drug-likeness (QED) is 0.639. The summed E-state index contributed by atoms with van der Waals surface area (Å²) >= 11 is 0. The number of carbonyl (C=O) groups is 2. The summed E-state index contributed by atoms with van der Waals surface area (Å²) in [6.07, 6.45) is 1.15. The Morgan fingerprint density at radius 3 is 2.42 bits per heavy atom. The van der Waals surface area contributed by atoms with E-state index in [0.717, 1.165) is 17.7 Å². The smallest absolute Gasteiger partial charge is 0.316 e. The lowest BCUT2D eigenvalue weighted by atomic mass is 10.1. The Bertz CT molecular complexity index is 734. The van der Waals surface area contributed by atoms with E-state index in [1.165, 1.54) is 5.56 Å². The van der Waals surface area contributed by atoms with E-state index in [-0.39, 0.29) is 18.3 Å². The maximum atomic E-state index is 12.3. The van der Waals surface area contributed by atoms with Gasteiger partial charge in [-0.05, 0) is 43.2 Å². The SMILES string of the molecule is CCc1ccc(N2CC(C(=O)Oc3ccc(C)cc3)CC2=O)cc1. The van der Waals surface area contributed by atoms with E-state index in [1.807, 2.05) is 43.3 Å². The van der Waals surface area contributed by atoms with Gasteiger partial charge in [-0.25, -0.2) is 0 Å². The number of ether oxygens (including phenoxy) is 1. The summed E-state index contributed by atoms with van der Waals surface area (Å²) in [6.45, 7) is 4.44. The molecule has 2 aromatic rings. The zero-order chi connectivity index (χ0) is 17.1. The highest BCUT2D eigenvalue weighted by Gasteiger charge is 2.36. The van der Waals surface area contributed by atoms with E-state index < -0.39 is 5.92 Å². The van der Waals surface area contributed by atoms with Crippen LogP contribution < -0.4 is 9.64 Å². The summed E-state index contributed by atoms with van der Waals surface area (Å²) in [5.74, 6) is -0.293. The van der Waals surface area contributed by atoms with Gasteiger partial charge >= 0.3 is 5.97 Å². The number of hydrogen-bond donors (Lipinski definition) is 0. The Hall–Kier alpha value is -2.62. The lowest BCUT2D eigenvalue weighted by Crippen LogP contribution is -2.27. The van der Waals surface area contributed by atoms with Gasteiger partial charge in [-0.3, -0.25) is 9.59 Å². The number of amides is 1. The fourth-order valence-electron chi connectivity index (χ4n) is 2.83. The van der Waals surface area contributed by atoms with Gasteiger partial charge in [0.25, 0.3) is 0 Å². The number of rotatable bonds is 4. The highest BCUT2D eigenvalue weighted by atomic mass is 16.5. The van der Waals surface area contributed by atoms with Gasteiger partial charge in [0.15, 0.2) is 0 Å². The molecule has 3 rings (SSSR count). The molecule has 4 heteroatoms. The molecular formula is C20H21NO3. The summed E-state index contributed by atoms with van der Waals surface area (Å²) in [5, 5.41) is 0. The average Bonchev–Trinajstić information content (AvgIpc) is 2.99. The van der Waals surface area contributed by atoms with E-state index in [4.69, 9.17) is 4.74 Å². The molecule has 4 nitrogen and oxygen atoms in total. The zero-order valence-corrected chi connectivity index (χ0v) is 14.0. The lowest BCUT2D eigenvalue weighted by molar-refractivity contribution is -0.139. The molecule has 1 saturated heterocycles. The third kappa shape index (κ3) is 3.48. The van der Waals surface area contributed by atoms with E-state index >= 15 is 0 Å². The first-order chi connectivity index (χ1) is 11.6. The van der Waals surface area contributed by atoms with Gasteiger partial charge in [0, 0.05) is 18.7 Å². The molecule has 24 heavy (non-hydrogen) atoms. The molecule has 0 bridgehead atoms. The first-order valence-electron chi connectivity index (χ1n) is 8.24. The Labute approximate surface area is 142 Å². The molecule has 1 aliphatic rings. The predicted octanol–water partition coefficient (Wildman–Crippen LogP) is 3.52. The fourth-order valence-corrected chi connectivity index (χ4v) is 2.83. The number of nitrogens with zero attached hydrogens (tertiary/aromatic N) is 1. The summed E-state index contributed by atoms with van der Waals surface area (Å²) in [7, 11) is 0. The largest absolute Gasteiger partial charge is 0.426 e. The first kappa shape index (κ1) is 16.2. The Balaban J connectivity index is 1.67. The minimum Gasteiger partial charge on any atom is -0.426 e. The van der Waals surface area contributed by atoms with Gasteiger partial charge in [0.2, 0.25) is 5.91 Å². The molecule has 0 aromatic heterocycles. The third-order valence-electron chi connectivity index (χ3n) is 4.35. The second-order valence-electron chi connectivity index (χ2n) is 6.16. The van der Waals surface area contributed by atoms with Crippen molar-refractivity contribution in [2.45, 2.75) is 26.7 Å². The normalized spacial score (nSPS) is 17.2. The highest BCUT2D eigenvalue weighted by molar-refractivity contribution is 5.99. The van der Waals surface area contributed by atoms with Gasteiger partial charge in [-0.15, -0.1) is 0 Å². The minimum absolute atomic E-state index is 0.0369. The van der Waals surface area contributed by atoms with Crippen LogP contribution in [0.1, 0.15) is 24.5 Å². The van der Waals surface area contributed by atoms with Crippen molar-refractivity contribution < 1.29 is 14.3 Å². The molecule has 0 saturated carbocycles. The fraction of sp³-hybridized carbons (Fsp3) is 0.300. The van der Waals surface area contributed by atoms with Gasteiger partial charge in [-0.1, -0.05) is 36.8 Å². The van der Waals surface area contributed by atoms with Crippen LogP contribution in [0.5, 0.6) is 5.75 Å². The molecule has 1 amide bonds. The molecule has 0 radical (unpaired) electrons. The van der Waals surface area contributed by atoms with Gasteiger partial charge < -0.3 is 9.64 Å². The molecule has 0 aliphatic carbocycles. The molecule has 1 unspecified atom stereocenters. The van der Waals surface area contributed by atoms with Crippen molar-refractivity contribution in [3.8, 4) is 5.75 Å². The van der Waals surface area contributed by atoms with Crippen LogP contribution in [0.2, 0.25) is 0 Å². The molecule has 1 fully saturated rings. The van der Waals surface area contributed by atoms with Crippen LogP contribution in [-0.4, -0.2) is 18.4 Å². The number of hydrogen-bond acceptors (Lipinski definition) is 3. The standard InChI is InChI=1S/C20H21NO3/c1-3-15-6-8-17(9-7-15)21-13-16(12-19(21)22)20(23)24-18-10-4-14(2)5-11-18/h4-11,16H,3,12-13H2,1-2H3. The van der Waals surface area contributed by atoms with Gasteiger partial charge in [0.05, 0.1) is 5.92 Å². The van der Waals surface area contributed by atoms with Crippen LogP contribution in [0.3, 0.4) is 0 Å². The van der Waals surface area contributed by atoms with Crippen molar-refractivity contribution >= 4 is 17.6 Å². The Kier molecular flexibility index (Phi) is 4.65. The molecule has 124 valence electrons. The summed E-state index contributed by atoms with van der Waals surface area (Å²) in [6, 6.07) is 15.2. The number of anilines is 1. The van der Waals surface area contributed by atoms with Crippen molar-refractivity contribution in [2.75, 3.05) is 11.4 Å². The van der Waals surface area contributed by atoms with Crippen LogP contribution >= 0.6 is 0 Å². The topological polar surface area (TPSA) is 46.6 Å². The molecule has 0 spiro atoms. The maximum absolute atomic E-state index is 12.3. The first-order valence-corrected chi connectivity index (χ1v) is 8.24. The number of aryl methyl sites for hydroxylation is 2. The monoisotopic (exact) mass is 323 g/mol. The second kappa shape index (κ2) is 6.87. The minimum atomic E-state index is -0.426. The lowest BCUT2D eigenvalue weighted by Gasteiger charge is -2.17. The Morgan fingerprint density at radius 1 is 1.12 bits per heavy atom. The number of carbonyl (C=O) groups excluding carboxylic acids is 2. The Morgan fingerprint density at radius 2 is 1.79 bits per heavy atom. The van der Waals surface area contributed by atoms with Crippen molar-refractivity contribution in [1.29, 1.82) is 0 Å². The van der Waals surface area contributed by atoms with Crippen molar-refractivity contribution in [1.82, 2.24) is 0 Å². The van der Waals surface area contributed by atoms with Crippen molar-refractivity contribution in [3.63, 3.8) is 0 Å². The number of benzene rings is 2. The molecule has 1 atom stereocenters. The molecule has 1 aliphatic heterocycles. The van der Waals surface area contributed by atoms with Crippen molar-refractivity contribution in [3.05, 3.63) is 59.7 Å². The highest BCUT2D eigenvalue weighted by Crippen LogP contribution is 2.27. The summed E-state index contributed by atoms with van der Waals surface area (Å²) < 4.78 is 5.40. The molecular weight excluding hydrogens is 302 g/mol. The maximum Gasteiger partial charge on any atom is 0.316 e. The second-order valence-corrected chi connectivity index (χ2v) is 6.16. The van der Waals surface area contributed by atoms with Gasteiger partial charge in [-0.2, -0.15) is 0 Å². The van der Waals surface area contributed by atoms with Crippen LogP contribution in [0.25, 0.3) is 0 Å². The molecule has 0 N–H and O–H groups in total. The van der Waals surface area contributed by atoms with E-state index in [1.54, 1.807) is 17.0 Å². The molecule has 2 aromatic carbocycles. The number of esters is 1. The average molecular weight is 323 g/mol. The zero-order valence-electron chi connectivity index (χ0n) is 14.0. The van der Waals surface area contributed by atoms with E-state index in [9.17, 15) is 9.59 Å². The van der Waals surface area contributed by atoms with Gasteiger partial charge in [0.1, 0.15) is 5.75 Å². The summed E-state index contributed by atoms with van der Waals surface area (Å²) in [4.78, 5) is 26.2. The third-order valence-corrected chi connectivity index (χ3v) is 4.35. The van der Waals surface area contributed by atoms with Crippen LogP contribution in [-0.2, 0) is 16.0 Å². The summed E-state index contributed by atoms with van der Waals surface area (Å²) in [5.41, 5.74) is 3.16. The van der Waals surface area contributed by atoms with E-state index in [2.05, 4.69) is 6.92 Å². The van der Waals surface area contributed by atoms with E-state index in [0.29, 0.717) is 12.3 Å². The molecule has 1 heterocycles. The van der Waals surface area contributed by atoms with Crippen LogP contribution in [0, 0.1) is 12.8 Å². The van der Waals surface area contributed by atoms with Crippen LogP contribution in [0.4, 0.5) is 5.69 Å². The predicted molar refractivity (Wildman–Crippen MR) is 93.1 cm³/mol.